The third kappa shape index (κ3) is 2.00. The van der Waals surface area contributed by atoms with Crippen LogP contribution in [0.2, 0.25) is 0 Å². The molecule has 1 aromatic rings. The van der Waals surface area contributed by atoms with Crippen molar-refractivity contribution in [3.63, 3.8) is 0 Å². The van der Waals surface area contributed by atoms with Crippen LogP contribution in [0.4, 0.5) is 5.69 Å². The van der Waals surface area contributed by atoms with Gasteiger partial charge in [-0.25, -0.2) is 0 Å². The van der Waals surface area contributed by atoms with Crippen molar-refractivity contribution in [1.82, 2.24) is 0 Å². The molecule has 1 amide bonds. The third-order valence-corrected chi connectivity index (χ3v) is 3.59. The second-order valence-corrected chi connectivity index (χ2v) is 4.76. The molecule has 0 aromatic heterocycles. The summed E-state index contributed by atoms with van der Waals surface area (Å²) in [6, 6.07) is 5.13. The van der Waals surface area contributed by atoms with Crippen molar-refractivity contribution in [1.29, 1.82) is 0 Å². The summed E-state index contributed by atoms with van der Waals surface area (Å²) in [5.74, 6) is -0.357. The Morgan fingerprint density at radius 3 is 2.95 bits per heavy atom. The van der Waals surface area contributed by atoms with Crippen LogP contribution in [0.15, 0.2) is 18.2 Å². The number of hydrogen-bond acceptors (Lipinski definition) is 4. The number of carbonyl (C=O) groups is 2. The molecule has 1 fully saturated rings. The predicted molar refractivity (Wildman–Crippen MR) is 68.7 cm³/mol. The molecule has 0 spiro atoms. The lowest BCUT2D eigenvalue weighted by atomic mass is 10.1. The number of fused-ring (bicyclic) bond motifs is 1. The van der Waals surface area contributed by atoms with Crippen LogP contribution >= 0.6 is 0 Å². The number of ether oxygens (including phenoxy) is 2. The van der Waals surface area contributed by atoms with Crippen molar-refractivity contribution in [3.05, 3.63) is 23.8 Å². The van der Waals surface area contributed by atoms with E-state index in [1.54, 1.807) is 18.2 Å². The van der Waals surface area contributed by atoms with Crippen molar-refractivity contribution in [2.45, 2.75) is 18.9 Å². The number of nitrogens with zero attached hydrogens (tertiary/aromatic N) is 1. The molecule has 0 saturated carbocycles. The molecule has 1 atom stereocenters. The first-order chi connectivity index (χ1) is 9.20. The zero-order valence-electron chi connectivity index (χ0n) is 10.7. The van der Waals surface area contributed by atoms with Crippen LogP contribution < -0.4 is 9.64 Å². The van der Waals surface area contributed by atoms with Crippen molar-refractivity contribution >= 4 is 17.4 Å². The number of methoxy groups -OCH3 is 1. The number of carbonyl (C=O) groups excluding carboxylic acids is 2. The summed E-state index contributed by atoms with van der Waals surface area (Å²) in [4.78, 5) is 25.5. The van der Waals surface area contributed by atoms with E-state index in [4.69, 9.17) is 9.47 Å². The first kappa shape index (κ1) is 12.2. The monoisotopic (exact) mass is 261 g/mol. The minimum absolute atomic E-state index is 0.0322. The normalized spacial score (nSPS) is 21.9. The highest BCUT2D eigenvalue weighted by atomic mass is 16.5. The van der Waals surface area contributed by atoms with Crippen LogP contribution in [-0.4, -0.2) is 38.1 Å². The van der Waals surface area contributed by atoms with E-state index in [0.29, 0.717) is 23.5 Å². The quantitative estimate of drug-likeness (QED) is 0.772. The molecule has 5 heteroatoms. The Morgan fingerprint density at radius 2 is 2.26 bits per heavy atom. The standard InChI is InChI=1S/C14H15NO4/c1-18-9-4-5-12-11(7-9)13(16)14(17)15(12)8-10-3-2-6-19-10/h4-5,7,10H,2-3,6,8H2,1H3. The van der Waals surface area contributed by atoms with Crippen LogP contribution in [0.25, 0.3) is 0 Å². The highest BCUT2D eigenvalue weighted by Crippen LogP contribution is 2.32. The summed E-state index contributed by atoms with van der Waals surface area (Å²) in [5.41, 5.74) is 1.08. The summed E-state index contributed by atoms with van der Waals surface area (Å²) in [6.45, 7) is 1.18. The molecule has 5 nitrogen and oxygen atoms in total. The SMILES string of the molecule is COc1ccc2c(c1)C(=O)C(=O)N2CC1CCCO1. The highest BCUT2D eigenvalue weighted by molar-refractivity contribution is 6.52. The zero-order chi connectivity index (χ0) is 13.4. The maximum atomic E-state index is 12.0. The van der Waals surface area contributed by atoms with Gasteiger partial charge in [0, 0.05) is 6.61 Å². The number of ketones is 1. The van der Waals surface area contributed by atoms with Gasteiger partial charge in [-0.1, -0.05) is 0 Å². The molecule has 1 saturated heterocycles. The van der Waals surface area contributed by atoms with Crippen LogP contribution in [0.1, 0.15) is 23.2 Å². The minimum Gasteiger partial charge on any atom is -0.497 e. The molecule has 100 valence electrons. The fraction of sp³-hybridized carbons (Fsp3) is 0.429. The van der Waals surface area contributed by atoms with E-state index in [1.165, 1.54) is 12.0 Å². The number of hydrogen-bond donors (Lipinski definition) is 0. The first-order valence-corrected chi connectivity index (χ1v) is 6.36. The molecule has 3 rings (SSSR count). The van der Waals surface area contributed by atoms with E-state index in [0.717, 1.165) is 19.4 Å². The van der Waals surface area contributed by atoms with E-state index in [-0.39, 0.29) is 6.10 Å². The number of Topliss-reactive ketones (excluding diaryl/α,β-unsaturated/α-hetero) is 1. The molecule has 0 N–H and O–H groups in total. The Morgan fingerprint density at radius 1 is 1.42 bits per heavy atom. The molecule has 1 aromatic carbocycles. The molecular weight excluding hydrogens is 246 g/mol. The van der Waals surface area contributed by atoms with Crippen LogP contribution in [-0.2, 0) is 9.53 Å². The molecule has 0 bridgehead atoms. The van der Waals surface area contributed by atoms with Gasteiger partial charge in [-0.3, -0.25) is 9.59 Å². The Bertz CT molecular complexity index is 534. The molecule has 2 aliphatic heterocycles. The average molecular weight is 261 g/mol. The summed E-state index contributed by atoms with van der Waals surface area (Å²) >= 11 is 0. The summed E-state index contributed by atoms with van der Waals surface area (Å²) < 4.78 is 10.6. The smallest absolute Gasteiger partial charge is 0.299 e. The lowest BCUT2D eigenvalue weighted by molar-refractivity contribution is -0.114. The third-order valence-electron chi connectivity index (χ3n) is 3.59. The Balaban J connectivity index is 1.90. The van der Waals surface area contributed by atoms with E-state index >= 15 is 0 Å². The molecular formula is C14H15NO4. The van der Waals surface area contributed by atoms with Gasteiger partial charge in [0.25, 0.3) is 11.7 Å². The van der Waals surface area contributed by atoms with Gasteiger partial charge in [0.05, 0.1) is 31.0 Å². The molecule has 2 aliphatic rings. The summed E-state index contributed by atoms with van der Waals surface area (Å²) in [6.07, 6.45) is 1.98. The second kappa shape index (κ2) is 4.66. The van der Waals surface area contributed by atoms with Crippen LogP contribution in [0, 0.1) is 0 Å². The number of benzene rings is 1. The lowest BCUT2D eigenvalue weighted by Gasteiger charge is -2.20. The van der Waals surface area contributed by atoms with E-state index in [1.807, 2.05) is 0 Å². The van der Waals surface area contributed by atoms with Crippen LogP contribution in [0.3, 0.4) is 0 Å². The molecule has 1 unspecified atom stereocenters. The maximum Gasteiger partial charge on any atom is 0.299 e. The number of amides is 1. The Labute approximate surface area is 111 Å². The van der Waals surface area contributed by atoms with Gasteiger partial charge in [-0.05, 0) is 31.0 Å². The summed E-state index contributed by atoms with van der Waals surface area (Å²) in [5, 5.41) is 0. The fourth-order valence-electron chi connectivity index (χ4n) is 2.58. The highest BCUT2D eigenvalue weighted by Gasteiger charge is 2.37. The summed E-state index contributed by atoms with van der Waals surface area (Å²) in [7, 11) is 1.53. The van der Waals surface area contributed by atoms with Gasteiger partial charge < -0.3 is 14.4 Å². The fourth-order valence-corrected chi connectivity index (χ4v) is 2.58. The topological polar surface area (TPSA) is 55.8 Å². The van der Waals surface area contributed by atoms with Gasteiger partial charge in [0.2, 0.25) is 0 Å². The first-order valence-electron chi connectivity index (χ1n) is 6.36. The predicted octanol–water partition coefficient (Wildman–Crippen LogP) is 1.40. The maximum absolute atomic E-state index is 12.0. The van der Waals surface area contributed by atoms with E-state index in [9.17, 15) is 9.59 Å². The number of rotatable bonds is 3. The molecule has 0 aliphatic carbocycles. The Kier molecular flexibility index (Phi) is 2.98. The van der Waals surface area contributed by atoms with Gasteiger partial charge >= 0.3 is 0 Å². The second-order valence-electron chi connectivity index (χ2n) is 4.76. The largest absolute Gasteiger partial charge is 0.497 e. The van der Waals surface area contributed by atoms with Crippen molar-refractivity contribution in [2.75, 3.05) is 25.2 Å². The molecule has 19 heavy (non-hydrogen) atoms. The Hall–Kier alpha value is -1.88. The van der Waals surface area contributed by atoms with E-state index < -0.39 is 11.7 Å². The van der Waals surface area contributed by atoms with Gasteiger partial charge in [-0.15, -0.1) is 0 Å². The van der Waals surface area contributed by atoms with Crippen molar-refractivity contribution in [2.24, 2.45) is 0 Å². The lowest BCUT2D eigenvalue weighted by Crippen LogP contribution is -2.36. The molecule has 0 radical (unpaired) electrons. The van der Waals surface area contributed by atoms with Crippen molar-refractivity contribution < 1.29 is 19.1 Å². The minimum atomic E-state index is -0.473. The van der Waals surface area contributed by atoms with Gasteiger partial charge in [0.15, 0.2) is 0 Å². The van der Waals surface area contributed by atoms with Crippen molar-refractivity contribution in [3.8, 4) is 5.75 Å². The zero-order valence-corrected chi connectivity index (χ0v) is 10.7. The number of anilines is 1. The van der Waals surface area contributed by atoms with Gasteiger partial charge in [0.1, 0.15) is 5.75 Å². The van der Waals surface area contributed by atoms with E-state index in [2.05, 4.69) is 0 Å². The molecule has 2 heterocycles. The average Bonchev–Trinajstić information content (AvgIpc) is 3.02. The van der Waals surface area contributed by atoms with Crippen LogP contribution in [0.5, 0.6) is 5.75 Å². The van der Waals surface area contributed by atoms with Gasteiger partial charge in [-0.2, -0.15) is 0 Å².